The molecule has 1 saturated heterocycles. The number of ether oxygens (including phenoxy) is 1. The second kappa shape index (κ2) is 9.61. The Labute approximate surface area is 184 Å². The predicted octanol–water partition coefficient (Wildman–Crippen LogP) is 2.31. The van der Waals surface area contributed by atoms with Gasteiger partial charge >= 0.3 is 5.97 Å². The summed E-state index contributed by atoms with van der Waals surface area (Å²) < 4.78 is 5.02. The van der Waals surface area contributed by atoms with Crippen molar-refractivity contribution in [3.63, 3.8) is 0 Å². The number of hydrogen-bond acceptors (Lipinski definition) is 5. The molecule has 1 heterocycles. The summed E-state index contributed by atoms with van der Waals surface area (Å²) in [7, 11) is 0. The van der Waals surface area contributed by atoms with Crippen LogP contribution in [0, 0.1) is 19.8 Å². The number of esters is 1. The van der Waals surface area contributed by atoms with E-state index in [1.54, 1.807) is 23.1 Å². The lowest BCUT2D eigenvalue weighted by Crippen LogP contribution is -2.44. The van der Waals surface area contributed by atoms with Crippen molar-refractivity contribution < 1.29 is 23.9 Å². The Morgan fingerprint density at radius 1 is 1.13 bits per heavy atom. The van der Waals surface area contributed by atoms with E-state index in [1.807, 2.05) is 32.0 Å². The van der Waals surface area contributed by atoms with Gasteiger partial charge in [-0.15, -0.1) is 0 Å². The van der Waals surface area contributed by atoms with E-state index in [9.17, 15) is 19.2 Å². The largest absolute Gasteiger partial charge is 0.455 e. The van der Waals surface area contributed by atoms with Crippen LogP contribution >= 0.6 is 11.6 Å². The van der Waals surface area contributed by atoms with Crippen LogP contribution in [0.15, 0.2) is 42.5 Å². The number of nitrogens with one attached hydrogen (secondary N) is 2. The monoisotopic (exact) mass is 443 g/mol. The first-order valence-electron chi connectivity index (χ1n) is 9.64. The van der Waals surface area contributed by atoms with E-state index < -0.39 is 30.3 Å². The lowest BCUT2D eigenvalue weighted by Gasteiger charge is -2.19. The van der Waals surface area contributed by atoms with Crippen LogP contribution < -0.4 is 15.8 Å². The lowest BCUT2D eigenvalue weighted by molar-refractivity contribution is -0.152. The number of carbonyl (C=O) groups excluding carboxylic acids is 4. The molecule has 2 aromatic rings. The molecule has 162 valence electrons. The molecule has 0 spiro atoms. The van der Waals surface area contributed by atoms with Crippen LogP contribution in [0.3, 0.4) is 0 Å². The zero-order valence-corrected chi connectivity index (χ0v) is 17.9. The van der Waals surface area contributed by atoms with Crippen molar-refractivity contribution in [3.8, 4) is 0 Å². The fraction of sp³-hybridized carbons (Fsp3) is 0.273. The minimum Gasteiger partial charge on any atom is -0.455 e. The Bertz CT molecular complexity index is 1040. The number of rotatable bonds is 5. The first kappa shape index (κ1) is 22.3. The van der Waals surface area contributed by atoms with Gasteiger partial charge in [0.25, 0.3) is 11.8 Å². The summed E-state index contributed by atoms with van der Waals surface area (Å²) in [6, 6.07) is 12.1. The number of aryl methyl sites for hydroxylation is 2. The molecular formula is C22H22ClN3O5. The molecule has 1 aliphatic heterocycles. The number of carbonyl (C=O) groups is 4. The highest BCUT2D eigenvalue weighted by atomic mass is 35.5. The van der Waals surface area contributed by atoms with Gasteiger partial charge in [-0.1, -0.05) is 41.4 Å². The Hall–Kier alpha value is -3.39. The molecule has 3 rings (SSSR count). The van der Waals surface area contributed by atoms with E-state index in [0.717, 1.165) is 16.8 Å². The molecular weight excluding hydrogens is 422 g/mol. The number of benzene rings is 2. The van der Waals surface area contributed by atoms with Crippen LogP contribution in [-0.4, -0.2) is 36.8 Å². The Balaban J connectivity index is 1.48. The van der Waals surface area contributed by atoms with Gasteiger partial charge in [0.1, 0.15) is 0 Å². The average Bonchev–Trinajstić information content (AvgIpc) is 3.12. The van der Waals surface area contributed by atoms with Crippen molar-refractivity contribution >= 4 is 41.0 Å². The number of amides is 3. The third-order valence-electron chi connectivity index (χ3n) is 4.88. The standard InChI is InChI=1S/C22H22ClN3O5/c1-13-7-8-18(14(2)9-13)26-11-15(10-20(26)28)22(30)31-12-19(27)24-25-21(29)16-5-3-4-6-17(16)23/h3-9,15H,10-12H2,1-2H3,(H,24,27)(H,25,29)/t15-/m0/s1. The van der Waals surface area contributed by atoms with Crippen molar-refractivity contribution in [2.75, 3.05) is 18.1 Å². The molecule has 0 aromatic heterocycles. The van der Waals surface area contributed by atoms with Crippen molar-refractivity contribution in [1.29, 1.82) is 0 Å². The van der Waals surface area contributed by atoms with Gasteiger partial charge in [0, 0.05) is 18.7 Å². The molecule has 0 bridgehead atoms. The van der Waals surface area contributed by atoms with Gasteiger partial charge in [0.05, 0.1) is 16.5 Å². The van der Waals surface area contributed by atoms with Crippen LogP contribution in [0.4, 0.5) is 5.69 Å². The van der Waals surface area contributed by atoms with E-state index >= 15 is 0 Å². The normalized spacial score (nSPS) is 15.5. The summed E-state index contributed by atoms with van der Waals surface area (Å²) in [5.41, 5.74) is 7.33. The van der Waals surface area contributed by atoms with Gasteiger partial charge in [-0.25, -0.2) is 0 Å². The molecule has 2 N–H and O–H groups in total. The summed E-state index contributed by atoms with van der Waals surface area (Å²) in [5, 5.41) is 0.236. The second-order valence-corrected chi connectivity index (χ2v) is 7.69. The Kier molecular flexibility index (Phi) is 6.91. The fourth-order valence-electron chi connectivity index (χ4n) is 3.34. The molecule has 1 aliphatic rings. The molecule has 0 aliphatic carbocycles. The minimum atomic E-state index is -0.718. The minimum absolute atomic E-state index is 0.0109. The van der Waals surface area contributed by atoms with Gasteiger partial charge in [0.15, 0.2) is 6.61 Å². The van der Waals surface area contributed by atoms with Gasteiger partial charge in [-0.3, -0.25) is 30.0 Å². The zero-order chi connectivity index (χ0) is 22.5. The molecule has 0 unspecified atom stereocenters. The summed E-state index contributed by atoms with van der Waals surface area (Å²) in [5.74, 6) is -2.81. The second-order valence-electron chi connectivity index (χ2n) is 7.29. The van der Waals surface area contributed by atoms with E-state index in [0.29, 0.717) is 0 Å². The van der Waals surface area contributed by atoms with Crippen molar-refractivity contribution in [1.82, 2.24) is 10.9 Å². The summed E-state index contributed by atoms with van der Waals surface area (Å²) in [6.45, 7) is 3.47. The number of anilines is 1. The molecule has 1 atom stereocenters. The molecule has 1 fully saturated rings. The van der Waals surface area contributed by atoms with Gasteiger partial charge < -0.3 is 9.64 Å². The third-order valence-corrected chi connectivity index (χ3v) is 5.21. The maximum Gasteiger partial charge on any atom is 0.311 e. The van der Waals surface area contributed by atoms with E-state index in [4.69, 9.17) is 16.3 Å². The summed E-state index contributed by atoms with van der Waals surface area (Å²) in [4.78, 5) is 50.2. The van der Waals surface area contributed by atoms with Crippen LogP contribution in [0.2, 0.25) is 5.02 Å². The maximum atomic E-state index is 12.4. The van der Waals surface area contributed by atoms with Gasteiger partial charge in [0.2, 0.25) is 5.91 Å². The SMILES string of the molecule is Cc1ccc(N2C[C@@H](C(=O)OCC(=O)NNC(=O)c3ccccc3Cl)CC2=O)c(C)c1. The number of nitrogens with zero attached hydrogens (tertiary/aromatic N) is 1. The number of hydrogen-bond donors (Lipinski definition) is 2. The maximum absolute atomic E-state index is 12.4. The first-order valence-corrected chi connectivity index (χ1v) is 10.0. The smallest absolute Gasteiger partial charge is 0.311 e. The van der Waals surface area contributed by atoms with E-state index in [2.05, 4.69) is 10.9 Å². The molecule has 31 heavy (non-hydrogen) atoms. The highest BCUT2D eigenvalue weighted by Crippen LogP contribution is 2.29. The molecule has 8 nitrogen and oxygen atoms in total. The zero-order valence-electron chi connectivity index (χ0n) is 17.1. The molecule has 0 saturated carbocycles. The fourth-order valence-corrected chi connectivity index (χ4v) is 3.56. The third kappa shape index (κ3) is 5.40. The van der Waals surface area contributed by atoms with Crippen LogP contribution in [0.5, 0.6) is 0 Å². The highest BCUT2D eigenvalue weighted by molar-refractivity contribution is 6.33. The Morgan fingerprint density at radius 2 is 1.87 bits per heavy atom. The predicted molar refractivity (Wildman–Crippen MR) is 114 cm³/mol. The van der Waals surface area contributed by atoms with Crippen molar-refractivity contribution in [2.45, 2.75) is 20.3 Å². The van der Waals surface area contributed by atoms with E-state index in [-0.39, 0.29) is 29.5 Å². The molecule has 9 heteroatoms. The van der Waals surface area contributed by atoms with Gasteiger partial charge in [-0.05, 0) is 37.6 Å². The quantitative estimate of drug-likeness (QED) is 0.545. The van der Waals surface area contributed by atoms with Crippen molar-refractivity contribution in [3.05, 3.63) is 64.2 Å². The molecule has 0 radical (unpaired) electrons. The van der Waals surface area contributed by atoms with Crippen LogP contribution in [0.1, 0.15) is 27.9 Å². The van der Waals surface area contributed by atoms with Crippen LogP contribution in [0.25, 0.3) is 0 Å². The topological polar surface area (TPSA) is 105 Å². The Morgan fingerprint density at radius 3 is 2.58 bits per heavy atom. The lowest BCUT2D eigenvalue weighted by atomic mass is 10.1. The highest BCUT2D eigenvalue weighted by Gasteiger charge is 2.36. The van der Waals surface area contributed by atoms with Crippen molar-refractivity contribution in [2.24, 2.45) is 5.92 Å². The summed E-state index contributed by atoms with van der Waals surface area (Å²) >= 11 is 5.92. The molecule has 3 amide bonds. The molecule has 2 aromatic carbocycles. The summed E-state index contributed by atoms with van der Waals surface area (Å²) in [6.07, 6.45) is 0.0109. The van der Waals surface area contributed by atoms with Crippen LogP contribution in [-0.2, 0) is 19.1 Å². The average molecular weight is 444 g/mol. The first-order chi connectivity index (χ1) is 14.8. The number of hydrazine groups is 1. The van der Waals surface area contributed by atoms with E-state index in [1.165, 1.54) is 6.07 Å². The number of halogens is 1. The van der Waals surface area contributed by atoms with Gasteiger partial charge in [-0.2, -0.15) is 0 Å².